The zero-order chi connectivity index (χ0) is 13.8. The van der Waals surface area contributed by atoms with E-state index < -0.39 is 0 Å². The quantitative estimate of drug-likeness (QED) is 0.825. The summed E-state index contributed by atoms with van der Waals surface area (Å²) in [6.07, 6.45) is 0. The lowest BCUT2D eigenvalue weighted by molar-refractivity contribution is 0.122. The van der Waals surface area contributed by atoms with Crippen molar-refractivity contribution in [2.45, 2.75) is 13.0 Å². The second-order valence-electron chi connectivity index (χ2n) is 5.21. The van der Waals surface area contributed by atoms with Gasteiger partial charge in [-0.3, -0.25) is 4.90 Å². The van der Waals surface area contributed by atoms with Crippen LogP contribution in [0.25, 0.3) is 0 Å². The fraction of sp³-hybridized carbons (Fsp3) is 0.692. The van der Waals surface area contributed by atoms with Crippen LogP contribution >= 0.6 is 0 Å². The van der Waals surface area contributed by atoms with Crippen LogP contribution in [-0.4, -0.2) is 73.1 Å². The molecule has 0 bridgehead atoms. The molecule has 1 aliphatic rings. The Kier molecular flexibility index (Phi) is 4.55. The van der Waals surface area contributed by atoms with Gasteiger partial charge in [0.1, 0.15) is 17.5 Å². The molecular formula is C13H24N6. The first kappa shape index (κ1) is 14.0. The molecule has 1 atom stereocenters. The molecule has 6 heteroatoms. The molecule has 0 radical (unpaired) electrons. The fourth-order valence-corrected chi connectivity index (χ4v) is 2.33. The Morgan fingerprint density at radius 2 is 2.00 bits per heavy atom. The van der Waals surface area contributed by atoms with E-state index >= 15 is 0 Å². The van der Waals surface area contributed by atoms with Crippen LogP contribution in [-0.2, 0) is 0 Å². The van der Waals surface area contributed by atoms with Crippen LogP contribution in [0.15, 0.2) is 6.07 Å². The number of hydrogen-bond donors (Lipinski definition) is 2. The maximum Gasteiger partial charge on any atom is 0.131 e. The first-order valence-electron chi connectivity index (χ1n) is 6.74. The largest absolute Gasteiger partial charge is 0.373 e. The van der Waals surface area contributed by atoms with Gasteiger partial charge < -0.3 is 15.5 Å². The Labute approximate surface area is 115 Å². The number of hydrogen-bond acceptors (Lipinski definition) is 6. The van der Waals surface area contributed by atoms with Gasteiger partial charge in [-0.2, -0.15) is 0 Å². The van der Waals surface area contributed by atoms with Crippen LogP contribution in [0.1, 0.15) is 5.82 Å². The Morgan fingerprint density at radius 3 is 2.74 bits per heavy atom. The molecule has 2 heterocycles. The minimum absolute atomic E-state index is 0.520. The second kappa shape index (κ2) is 6.16. The number of piperazine rings is 1. The van der Waals surface area contributed by atoms with E-state index in [2.05, 4.69) is 44.5 Å². The van der Waals surface area contributed by atoms with Crippen LogP contribution < -0.4 is 10.6 Å². The molecule has 1 aromatic heterocycles. The van der Waals surface area contributed by atoms with Crippen LogP contribution in [0.5, 0.6) is 0 Å². The van der Waals surface area contributed by atoms with E-state index in [1.165, 1.54) is 0 Å². The van der Waals surface area contributed by atoms with Crippen LogP contribution in [0.3, 0.4) is 0 Å². The molecular weight excluding hydrogens is 240 g/mol. The Hall–Kier alpha value is -1.40. The molecule has 1 saturated heterocycles. The average molecular weight is 264 g/mol. The van der Waals surface area contributed by atoms with Crippen molar-refractivity contribution in [2.24, 2.45) is 0 Å². The third-order valence-electron chi connectivity index (χ3n) is 3.59. The molecule has 6 nitrogen and oxygen atoms in total. The molecule has 1 fully saturated rings. The number of likely N-dealkylation sites (N-methyl/N-ethyl adjacent to an activating group) is 2. The number of nitrogens with one attached hydrogen (secondary N) is 2. The van der Waals surface area contributed by atoms with E-state index in [4.69, 9.17) is 0 Å². The maximum absolute atomic E-state index is 4.42. The highest BCUT2D eigenvalue weighted by Gasteiger charge is 2.21. The summed E-state index contributed by atoms with van der Waals surface area (Å²) in [6, 6.07) is 2.46. The third kappa shape index (κ3) is 3.78. The monoisotopic (exact) mass is 264 g/mol. The first-order chi connectivity index (χ1) is 9.08. The van der Waals surface area contributed by atoms with Gasteiger partial charge >= 0.3 is 0 Å². The predicted molar refractivity (Wildman–Crippen MR) is 78.7 cm³/mol. The third-order valence-corrected chi connectivity index (χ3v) is 3.59. The van der Waals surface area contributed by atoms with Crippen LogP contribution in [0.4, 0.5) is 11.6 Å². The summed E-state index contributed by atoms with van der Waals surface area (Å²) in [5.41, 5.74) is 0. The lowest BCUT2D eigenvalue weighted by Gasteiger charge is -2.37. The van der Waals surface area contributed by atoms with Crippen molar-refractivity contribution in [1.29, 1.82) is 0 Å². The van der Waals surface area contributed by atoms with E-state index in [1.807, 2.05) is 20.0 Å². The smallest absolute Gasteiger partial charge is 0.131 e. The summed E-state index contributed by atoms with van der Waals surface area (Å²) < 4.78 is 0. The number of nitrogens with zero attached hydrogens (tertiary/aromatic N) is 4. The molecule has 19 heavy (non-hydrogen) atoms. The van der Waals surface area contributed by atoms with Gasteiger partial charge in [-0.1, -0.05) is 0 Å². The van der Waals surface area contributed by atoms with Gasteiger partial charge in [0.25, 0.3) is 0 Å². The van der Waals surface area contributed by atoms with E-state index in [0.29, 0.717) is 6.04 Å². The van der Waals surface area contributed by atoms with Gasteiger partial charge in [0.15, 0.2) is 0 Å². The van der Waals surface area contributed by atoms with E-state index in [0.717, 1.165) is 43.6 Å². The standard InChI is InChI=1S/C13H24N6/c1-10-16-12(14-2)7-13(17-10)15-8-11-9-18(3)5-6-19(11)4/h7,11H,5-6,8-9H2,1-4H3,(H2,14,15,16,17). The van der Waals surface area contributed by atoms with Crippen molar-refractivity contribution in [1.82, 2.24) is 19.8 Å². The molecule has 0 aliphatic carbocycles. The van der Waals surface area contributed by atoms with Crippen molar-refractivity contribution in [3.63, 3.8) is 0 Å². The molecule has 106 valence electrons. The molecule has 2 rings (SSSR count). The van der Waals surface area contributed by atoms with Crippen LogP contribution in [0.2, 0.25) is 0 Å². The van der Waals surface area contributed by atoms with Crippen molar-refractivity contribution >= 4 is 11.6 Å². The van der Waals surface area contributed by atoms with Gasteiger partial charge in [-0.05, 0) is 21.0 Å². The van der Waals surface area contributed by atoms with Crippen LogP contribution in [0, 0.1) is 6.92 Å². The summed E-state index contributed by atoms with van der Waals surface area (Å²) >= 11 is 0. The van der Waals surface area contributed by atoms with E-state index in [-0.39, 0.29) is 0 Å². The van der Waals surface area contributed by atoms with Gasteiger partial charge in [-0.25, -0.2) is 9.97 Å². The fourth-order valence-electron chi connectivity index (χ4n) is 2.33. The predicted octanol–water partition coefficient (Wildman–Crippen LogP) is 0.484. The number of anilines is 2. The maximum atomic E-state index is 4.42. The Bertz CT molecular complexity index is 422. The van der Waals surface area contributed by atoms with Crippen molar-refractivity contribution < 1.29 is 0 Å². The summed E-state index contributed by atoms with van der Waals surface area (Å²) in [5.74, 6) is 2.52. The lowest BCUT2D eigenvalue weighted by Crippen LogP contribution is -2.52. The summed E-state index contributed by atoms with van der Waals surface area (Å²) in [4.78, 5) is 13.5. The van der Waals surface area contributed by atoms with Gasteiger partial charge in [0.2, 0.25) is 0 Å². The molecule has 1 unspecified atom stereocenters. The van der Waals surface area contributed by atoms with Gasteiger partial charge in [-0.15, -0.1) is 0 Å². The minimum atomic E-state index is 0.520. The highest BCUT2D eigenvalue weighted by atomic mass is 15.3. The molecule has 0 amide bonds. The van der Waals surface area contributed by atoms with E-state index in [9.17, 15) is 0 Å². The van der Waals surface area contributed by atoms with Gasteiger partial charge in [0, 0.05) is 45.3 Å². The summed E-state index contributed by atoms with van der Waals surface area (Å²) in [5, 5.41) is 6.47. The van der Waals surface area contributed by atoms with Crippen molar-refractivity contribution in [2.75, 3.05) is 58.0 Å². The normalized spacial score (nSPS) is 21.4. The average Bonchev–Trinajstić information content (AvgIpc) is 2.39. The molecule has 0 spiro atoms. The van der Waals surface area contributed by atoms with Gasteiger partial charge in [0.05, 0.1) is 0 Å². The molecule has 0 aromatic carbocycles. The van der Waals surface area contributed by atoms with E-state index in [1.54, 1.807) is 0 Å². The zero-order valence-corrected chi connectivity index (χ0v) is 12.3. The zero-order valence-electron chi connectivity index (χ0n) is 12.3. The molecule has 0 saturated carbocycles. The Morgan fingerprint density at radius 1 is 1.26 bits per heavy atom. The number of aryl methyl sites for hydroxylation is 1. The second-order valence-corrected chi connectivity index (χ2v) is 5.21. The topological polar surface area (TPSA) is 56.3 Å². The van der Waals surface area contributed by atoms with Crippen molar-refractivity contribution in [3.8, 4) is 0 Å². The minimum Gasteiger partial charge on any atom is -0.373 e. The number of aromatic nitrogens is 2. The summed E-state index contributed by atoms with van der Waals surface area (Å²) in [7, 11) is 6.23. The molecule has 1 aliphatic heterocycles. The first-order valence-corrected chi connectivity index (χ1v) is 6.74. The lowest BCUT2D eigenvalue weighted by atomic mass is 10.2. The molecule has 1 aromatic rings. The summed E-state index contributed by atoms with van der Waals surface area (Å²) in [6.45, 7) is 6.16. The van der Waals surface area contributed by atoms with Crippen molar-refractivity contribution in [3.05, 3.63) is 11.9 Å². The SMILES string of the molecule is CNc1cc(NCC2CN(C)CCN2C)nc(C)n1. The highest BCUT2D eigenvalue weighted by Crippen LogP contribution is 2.12. The Balaban J connectivity index is 1.96. The molecule has 2 N–H and O–H groups in total. The highest BCUT2D eigenvalue weighted by molar-refractivity contribution is 5.47. The number of rotatable bonds is 4.